The fraction of sp³-hybridized carbons (Fsp3) is 0.769. The zero-order valence-corrected chi connectivity index (χ0v) is 12.5. The van der Waals surface area contributed by atoms with Gasteiger partial charge < -0.3 is 4.52 Å². The Morgan fingerprint density at radius 1 is 1.32 bits per heavy atom. The van der Waals surface area contributed by atoms with Crippen molar-refractivity contribution in [1.82, 2.24) is 10.1 Å². The van der Waals surface area contributed by atoms with Crippen molar-refractivity contribution in [3.8, 4) is 0 Å². The van der Waals surface area contributed by atoms with Crippen LogP contribution >= 0.6 is 23.5 Å². The second kappa shape index (κ2) is 6.31. The third-order valence-corrected chi connectivity index (χ3v) is 6.13. The number of hydrogen-bond acceptors (Lipinski definition) is 6. The van der Waals surface area contributed by atoms with Gasteiger partial charge in [0.1, 0.15) is 5.92 Å². The number of nitrogens with zero attached hydrogens (tertiary/aromatic N) is 2. The van der Waals surface area contributed by atoms with Crippen molar-refractivity contribution in [2.75, 3.05) is 11.5 Å². The molecule has 1 atom stereocenters. The summed E-state index contributed by atoms with van der Waals surface area (Å²) in [4.78, 5) is 16.0. The van der Waals surface area contributed by atoms with E-state index in [1.807, 2.05) is 11.8 Å². The summed E-state index contributed by atoms with van der Waals surface area (Å²) < 4.78 is 5.25. The molecular formula is C13H18N2O2S2. The van der Waals surface area contributed by atoms with Crippen molar-refractivity contribution in [2.24, 2.45) is 0 Å². The topological polar surface area (TPSA) is 56.0 Å². The van der Waals surface area contributed by atoms with E-state index in [-0.39, 0.29) is 11.7 Å². The molecule has 0 N–H and O–H groups in total. The summed E-state index contributed by atoms with van der Waals surface area (Å²) in [6.45, 7) is 0. The average Bonchev–Trinajstić information content (AvgIpc) is 3.06. The van der Waals surface area contributed by atoms with Crippen LogP contribution in [-0.2, 0) is 10.5 Å². The van der Waals surface area contributed by atoms with Gasteiger partial charge in [-0.1, -0.05) is 24.4 Å². The Hall–Kier alpha value is -0.490. The molecule has 1 saturated heterocycles. The van der Waals surface area contributed by atoms with Gasteiger partial charge in [0.15, 0.2) is 11.6 Å². The first kappa shape index (κ1) is 13.5. The Kier molecular flexibility index (Phi) is 4.48. The number of thioether (sulfide) groups is 2. The second-order valence-electron chi connectivity index (χ2n) is 5.15. The highest BCUT2D eigenvalue weighted by atomic mass is 32.2. The zero-order valence-electron chi connectivity index (χ0n) is 10.8. The Balaban J connectivity index is 1.54. The quantitative estimate of drug-likeness (QED) is 0.851. The van der Waals surface area contributed by atoms with Crippen molar-refractivity contribution in [1.29, 1.82) is 0 Å². The van der Waals surface area contributed by atoms with Gasteiger partial charge in [-0.2, -0.15) is 28.5 Å². The number of ketones is 1. The number of rotatable bonds is 4. The van der Waals surface area contributed by atoms with Gasteiger partial charge in [0, 0.05) is 11.0 Å². The SMILES string of the molecule is O=C1CSCC1c1nc(CSC2CCCCC2)no1. The van der Waals surface area contributed by atoms with Crippen molar-refractivity contribution in [3.63, 3.8) is 0 Å². The molecule has 2 heterocycles. The largest absolute Gasteiger partial charge is 0.338 e. The predicted molar refractivity (Wildman–Crippen MR) is 77.5 cm³/mol. The van der Waals surface area contributed by atoms with E-state index in [4.69, 9.17) is 4.52 Å². The molecule has 0 amide bonds. The molecule has 1 aromatic rings. The van der Waals surface area contributed by atoms with Gasteiger partial charge in [0.2, 0.25) is 5.89 Å². The van der Waals surface area contributed by atoms with E-state index in [9.17, 15) is 4.79 Å². The molecule has 1 aliphatic carbocycles. The van der Waals surface area contributed by atoms with Gasteiger partial charge >= 0.3 is 0 Å². The number of hydrogen-bond donors (Lipinski definition) is 0. The highest BCUT2D eigenvalue weighted by Crippen LogP contribution is 2.31. The first-order valence-electron chi connectivity index (χ1n) is 6.87. The summed E-state index contributed by atoms with van der Waals surface area (Å²) in [7, 11) is 0. The summed E-state index contributed by atoms with van der Waals surface area (Å²) in [5.41, 5.74) is 0. The number of carbonyl (C=O) groups is 1. The molecule has 0 bridgehead atoms. The van der Waals surface area contributed by atoms with E-state index in [2.05, 4.69) is 10.1 Å². The molecular weight excluding hydrogens is 280 g/mol. The molecule has 19 heavy (non-hydrogen) atoms. The van der Waals surface area contributed by atoms with Crippen LogP contribution in [0.4, 0.5) is 0 Å². The molecule has 104 valence electrons. The highest BCUT2D eigenvalue weighted by Gasteiger charge is 2.31. The van der Waals surface area contributed by atoms with Crippen LogP contribution in [0.1, 0.15) is 49.7 Å². The fourth-order valence-corrected chi connectivity index (χ4v) is 4.82. The monoisotopic (exact) mass is 298 g/mol. The van der Waals surface area contributed by atoms with E-state index in [0.29, 0.717) is 11.6 Å². The minimum Gasteiger partial charge on any atom is -0.338 e. The third-order valence-electron chi connectivity index (χ3n) is 3.70. The molecule has 0 aromatic carbocycles. The van der Waals surface area contributed by atoms with Crippen molar-refractivity contribution in [2.45, 2.75) is 49.0 Å². The lowest BCUT2D eigenvalue weighted by Crippen LogP contribution is -2.10. The maximum absolute atomic E-state index is 11.6. The van der Waals surface area contributed by atoms with Crippen LogP contribution in [0.3, 0.4) is 0 Å². The highest BCUT2D eigenvalue weighted by molar-refractivity contribution is 8.00. The molecule has 2 aliphatic rings. The molecule has 3 rings (SSSR count). The van der Waals surface area contributed by atoms with E-state index in [0.717, 1.165) is 22.6 Å². The van der Waals surface area contributed by atoms with E-state index in [1.165, 1.54) is 32.1 Å². The van der Waals surface area contributed by atoms with Crippen LogP contribution in [0, 0.1) is 0 Å². The molecule has 1 unspecified atom stereocenters. The maximum Gasteiger partial charge on any atom is 0.238 e. The van der Waals surface area contributed by atoms with Crippen LogP contribution in [-0.4, -0.2) is 32.7 Å². The van der Waals surface area contributed by atoms with Crippen LogP contribution in [0.2, 0.25) is 0 Å². The molecule has 1 aromatic heterocycles. The summed E-state index contributed by atoms with van der Waals surface area (Å²) in [6.07, 6.45) is 6.71. The summed E-state index contributed by atoms with van der Waals surface area (Å²) >= 11 is 3.58. The Bertz CT molecular complexity index is 444. The van der Waals surface area contributed by atoms with Crippen LogP contribution in [0.15, 0.2) is 4.52 Å². The van der Waals surface area contributed by atoms with Crippen molar-refractivity contribution >= 4 is 29.3 Å². The predicted octanol–water partition coefficient (Wildman–Crippen LogP) is 3.04. The lowest BCUT2D eigenvalue weighted by atomic mass is 10.0. The summed E-state index contributed by atoms with van der Waals surface area (Å²) in [6, 6.07) is 0. The molecule has 4 nitrogen and oxygen atoms in total. The van der Waals surface area contributed by atoms with Gasteiger partial charge in [0.25, 0.3) is 0 Å². The zero-order chi connectivity index (χ0) is 13.1. The Labute approximate surface area is 121 Å². The molecule has 1 saturated carbocycles. The lowest BCUT2D eigenvalue weighted by Gasteiger charge is -2.19. The molecule has 2 fully saturated rings. The second-order valence-corrected chi connectivity index (χ2v) is 7.47. The third kappa shape index (κ3) is 3.34. The van der Waals surface area contributed by atoms with Crippen molar-refractivity contribution < 1.29 is 9.32 Å². The lowest BCUT2D eigenvalue weighted by molar-refractivity contribution is -0.117. The van der Waals surface area contributed by atoms with Gasteiger partial charge in [-0.05, 0) is 12.8 Å². The van der Waals surface area contributed by atoms with Crippen LogP contribution in [0.25, 0.3) is 0 Å². The van der Waals surface area contributed by atoms with Gasteiger partial charge in [-0.3, -0.25) is 4.79 Å². The summed E-state index contributed by atoms with van der Waals surface area (Å²) in [5, 5.41) is 4.76. The Morgan fingerprint density at radius 3 is 2.89 bits per heavy atom. The molecule has 6 heteroatoms. The smallest absolute Gasteiger partial charge is 0.238 e. The van der Waals surface area contributed by atoms with E-state index in [1.54, 1.807) is 11.8 Å². The first-order valence-corrected chi connectivity index (χ1v) is 9.08. The number of Topliss-reactive ketones (excluding diaryl/α,β-unsaturated/α-hetero) is 1. The first-order chi connectivity index (χ1) is 9.33. The minimum atomic E-state index is -0.161. The normalized spacial score (nSPS) is 25.1. The standard InChI is InChI=1S/C13H18N2O2S2/c16-11-7-18-6-10(11)13-14-12(15-17-13)8-19-9-4-2-1-3-5-9/h9-10H,1-8H2. The Morgan fingerprint density at radius 2 is 2.16 bits per heavy atom. The van der Waals surface area contributed by atoms with Crippen LogP contribution < -0.4 is 0 Å². The number of carbonyl (C=O) groups excluding carboxylic acids is 1. The maximum atomic E-state index is 11.6. The molecule has 0 radical (unpaired) electrons. The van der Waals surface area contributed by atoms with E-state index < -0.39 is 0 Å². The minimum absolute atomic E-state index is 0.161. The van der Waals surface area contributed by atoms with Gasteiger partial charge in [-0.15, -0.1) is 0 Å². The van der Waals surface area contributed by atoms with E-state index >= 15 is 0 Å². The van der Waals surface area contributed by atoms with Crippen LogP contribution in [0.5, 0.6) is 0 Å². The molecule has 1 aliphatic heterocycles. The average molecular weight is 298 g/mol. The number of aromatic nitrogens is 2. The van der Waals surface area contributed by atoms with Gasteiger partial charge in [-0.25, -0.2) is 0 Å². The van der Waals surface area contributed by atoms with Gasteiger partial charge in [0.05, 0.1) is 11.5 Å². The fourth-order valence-electron chi connectivity index (χ4n) is 2.57. The molecule has 0 spiro atoms. The van der Waals surface area contributed by atoms with Crippen molar-refractivity contribution in [3.05, 3.63) is 11.7 Å². The summed E-state index contributed by atoms with van der Waals surface area (Å²) in [5.74, 6) is 3.51.